The van der Waals surface area contributed by atoms with Crippen molar-refractivity contribution in [2.45, 2.75) is 51.1 Å². The summed E-state index contributed by atoms with van der Waals surface area (Å²) in [6.07, 6.45) is 3.37. The SMILES string of the molecule is CCCC(C)N(C)C(=O)C1(N)CCOCC1. The number of nitrogens with two attached hydrogens (primary N) is 1. The molecule has 0 bridgehead atoms. The van der Waals surface area contributed by atoms with Crippen LogP contribution in [0.25, 0.3) is 0 Å². The lowest BCUT2D eigenvalue weighted by molar-refractivity contribution is -0.141. The van der Waals surface area contributed by atoms with Crippen LogP contribution in [0.3, 0.4) is 0 Å². The largest absolute Gasteiger partial charge is 0.381 e. The van der Waals surface area contributed by atoms with Crippen LogP contribution < -0.4 is 5.73 Å². The van der Waals surface area contributed by atoms with Crippen LogP contribution in [0.4, 0.5) is 0 Å². The zero-order valence-corrected chi connectivity index (χ0v) is 10.7. The fraction of sp³-hybridized carbons (Fsp3) is 0.917. The van der Waals surface area contributed by atoms with Crippen molar-refractivity contribution in [2.75, 3.05) is 20.3 Å². The van der Waals surface area contributed by atoms with Gasteiger partial charge in [0.2, 0.25) is 5.91 Å². The molecule has 4 heteroatoms. The molecule has 1 rings (SSSR count). The first-order valence-corrected chi connectivity index (χ1v) is 6.15. The second kappa shape index (κ2) is 5.64. The second-order valence-corrected chi connectivity index (χ2v) is 4.82. The maximum Gasteiger partial charge on any atom is 0.242 e. The predicted molar refractivity (Wildman–Crippen MR) is 64.1 cm³/mol. The summed E-state index contributed by atoms with van der Waals surface area (Å²) in [5, 5.41) is 0. The van der Waals surface area contributed by atoms with Gasteiger partial charge < -0.3 is 15.4 Å². The smallest absolute Gasteiger partial charge is 0.242 e. The minimum absolute atomic E-state index is 0.0664. The lowest BCUT2D eigenvalue weighted by Crippen LogP contribution is -2.58. The van der Waals surface area contributed by atoms with E-state index in [1.54, 1.807) is 4.90 Å². The number of nitrogens with zero attached hydrogens (tertiary/aromatic N) is 1. The van der Waals surface area contributed by atoms with Gasteiger partial charge in [0.15, 0.2) is 0 Å². The van der Waals surface area contributed by atoms with Crippen molar-refractivity contribution in [3.8, 4) is 0 Å². The Morgan fingerprint density at radius 3 is 2.56 bits per heavy atom. The molecule has 94 valence electrons. The zero-order chi connectivity index (χ0) is 12.2. The van der Waals surface area contributed by atoms with E-state index >= 15 is 0 Å². The normalized spacial score (nSPS) is 21.5. The Hall–Kier alpha value is -0.610. The lowest BCUT2D eigenvalue weighted by atomic mass is 9.89. The first-order valence-electron chi connectivity index (χ1n) is 6.15. The van der Waals surface area contributed by atoms with Crippen molar-refractivity contribution < 1.29 is 9.53 Å². The third-order valence-electron chi connectivity index (χ3n) is 3.50. The van der Waals surface area contributed by atoms with Gasteiger partial charge in [0, 0.05) is 26.3 Å². The molecule has 1 amide bonds. The molecule has 0 saturated carbocycles. The molecule has 1 aliphatic rings. The summed E-state index contributed by atoms with van der Waals surface area (Å²) in [5.74, 6) is 0.0664. The van der Waals surface area contributed by atoms with E-state index in [2.05, 4.69) is 13.8 Å². The van der Waals surface area contributed by atoms with Crippen LogP contribution in [0, 0.1) is 0 Å². The first kappa shape index (κ1) is 13.5. The van der Waals surface area contributed by atoms with Gasteiger partial charge in [-0.15, -0.1) is 0 Å². The summed E-state index contributed by atoms with van der Waals surface area (Å²) in [6, 6.07) is 0.265. The monoisotopic (exact) mass is 228 g/mol. The number of ether oxygens (including phenoxy) is 1. The van der Waals surface area contributed by atoms with Crippen LogP contribution in [0.2, 0.25) is 0 Å². The molecular formula is C12H24N2O2. The van der Waals surface area contributed by atoms with E-state index in [1.165, 1.54) is 0 Å². The van der Waals surface area contributed by atoms with Crippen LogP contribution in [0.15, 0.2) is 0 Å². The topological polar surface area (TPSA) is 55.6 Å². The maximum atomic E-state index is 12.3. The van der Waals surface area contributed by atoms with Crippen molar-refractivity contribution in [3.05, 3.63) is 0 Å². The third-order valence-corrected chi connectivity index (χ3v) is 3.50. The molecule has 0 aliphatic carbocycles. The Morgan fingerprint density at radius 1 is 1.50 bits per heavy atom. The quantitative estimate of drug-likeness (QED) is 0.785. The molecule has 16 heavy (non-hydrogen) atoms. The van der Waals surface area contributed by atoms with Crippen molar-refractivity contribution in [3.63, 3.8) is 0 Å². The van der Waals surface area contributed by atoms with E-state index in [0.29, 0.717) is 26.1 Å². The number of likely N-dealkylation sites (N-methyl/N-ethyl adjacent to an activating group) is 1. The van der Waals surface area contributed by atoms with Gasteiger partial charge in [0.05, 0.1) is 5.54 Å². The molecular weight excluding hydrogens is 204 g/mol. The average molecular weight is 228 g/mol. The van der Waals surface area contributed by atoms with Gasteiger partial charge >= 0.3 is 0 Å². The van der Waals surface area contributed by atoms with E-state index < -0.39 is 5.54 Å². The van der Waals surface area contributed by atoms with Gasteiger partial charge in [-0.1, -0.05) is 13.3 Å². The maximum absolute atomic E-state index is 12.3. The van der Waals surface area contributed by atoms with Gasteiger partial charge in [-0.2, -0.15) is 0 Å². The standard InChI is InChI=1S/C12H24N2O2/c1-4-5-10(2)14(3)11(15)12(13)6-8-16-9-7-12/h10H,4-9,13H2,1-3H3. The molecule has 0 radical (unpaired) electrons. The van der Waals surface area contributed by atoms with Crippen molar-refractivity contribution in [1.82, 2.24) is 4.90 Å². The summed E-state index contributed by atoms with van der Waals surface area (Å²) in [6.45, 7) is 5.39. The van der Waals surface area contributed by atoms with E-state index in [4.69, 9.17) is 10.5 Å². The molecule has 0 spiro atoms. The highest BCUT2D eigenvalue weighted by atomic mass is 16.5. The van der Waals surface area contributed by atoms with Crippen LogP contribution in [-0.4, -0.2) is 42.6 Å². The second-order valence-electron chi connectivity index (χ2n) is 4.82. The summed E-state index contributed by atoms with van der Waals surface area (Å²) in [4.78, 5) is 14.1. The Balaban J connectivity index is 2.61. The van der Waals surface area contributed by atoms with Crippen LogP contribution in [0.1, 0.15) is 39.5 Å². The van der Waals surface area contributed by atoms with Gasteiger partial charge in [-0.3, -0.25) is 4.79 Å². The highest BCUT2D eigenvalue weighted by Gasteiger charge is 2.38. The van der Waals surface area contributed by atoms with E-state index in [1.807, 2.05) is 7.05 Å². The Morgan fingerprint density at radius 2 is 2.06 bits per heavy atom. The average Bonchev–Trinajstić information content (AvgIpc) is 2.28. The van der Waals surface area contributed by atoms with Gasteiger partial charge in [0.1, 0.15) is 0 Å². The molecule has 0 aromatic heterocycles. The summed E-state index contributed by atoms with van der Waals surface area (Å²) < 4.78 is 5.25. The van der Waals surface area contributed by atoms with Gasteiger partial charge in [0.25, 0.3) is 0 Å². The van der Waals surface area contributed by atoms with Crippen LogP contribution in [0.5, 0.6) is 0 Å². The minimum Gasteiger partial charge on any atom is -0.381 e. The molecule has 1 heterocycles. The Kier molecular flexibility index (Phi) is 4.74. The number of carbonyl (C=O) groups excluding carboxylic acids is 1. The van der Waals surface area contributed by atoms with Crippen LogP contribution >= 0.6 is 0 Å². The zero-order valence-electron chi connectivity index (χ0n) is 10.7. The van der Waals surface area contributed by atoms with E-state index in [9.17, 15) is 4.79 Å². The number of rotatable bonds is 4. The summed E-state index contributed by atoms with van der Waals surface area (Å²) in [7, 11) is 1.85. The summed E-state index contributed by atoms with van der Waals surface area (Å²) >= 11 is 0. The van der Waals surface area contributed by atoms with Crippen molar-refractivity contribution in [2.24, 2.45) is 5.73 Å². The molecule has 1 fully saturated rings. The minimum atomic E-state index is -0.699. The highest BCUT2D eigenvalue weighted by Crippen LogP contribution is 2.21. The highest BCUT2D eigenvalue weighted by molar-refractivity contribution is 5.86. The number of carbonyl (C=O) groups is 1. The van der Waals surface area contributed by atoms with Gasteiger partial charge in [-0.05, 0) is 26.2 Å². The molecule has 0 aromatic rings. The van der Waals surface area contributed by atoms with Crippen LogP contribution in [-0.2, 0) is 9.53 Å². The molecule has 1 atom stereocenters. The summed E-state index contributed by atoms with van der Waals surface area (Å²) in [5.41, 5.74) is 5.47. The molecule has 1 unspecified atom stereocenters. The first-order chi connectivity index (χ1) is 7.51. The molecule has 1 aliphatic heterocycles. The Bertz CT molecular complexity index is 237. The predicted octanol–water partition coefficient (Wildman–Crippen LogP) is 1.14. The number of amides is 1. The fourth-order valence-electron chi connectivity index (χ4n) is 2.11. The molecule has 2 N–H and O–H groups in total. The lowest BCUT2D eigenvalue weighted by Gasteiger charge is -2.37. The Labute approximate surface area is 98.1 Å². The van der Waals surface area contributed by atoms with Crippen molar-refractivity contribution >= 4 is 5.91 Å². The van der Waals surface area contributed by atoms with E-state index in [-0.39, 0.29) is 11.9 Å². The molecule has 0 aromatic carbocycles. The van der Waals surface area contributed by atoms with Gasteiger partial charge in [-0.25, -0.2) is 0 Å². The number of hydrogen-bond donors (Lipinski definition) is 1. The third kappa shape index (κ3) is 2.95. The van der Waals surface area contributed by atoms with E-state index in [0.717, 1.165) is 12.8 Å². The van der Waals surface area contributed by atoms with Crippen molar-refractivity contribution in [1.29, 1.82) is 0 Å². The number of hydrogen-bond acceptors (Lipinski definition) is 3. The molecule has 4 nitrogen and oxygen atoms in total. The fourth-order valence-corrected chi connectivity index (χ4v) is 2.11. The molecule has 1 saturated heterocycles.